The third-order valence-corrected chi connectivity index (χ3v) is 3.24. The average molecular weight is 268 g/mol. The Morgan fingerprint density at radius 1 is 0.947 bits per heavy atom. The number of aromatic nitrogens is 2. The Kier molecular flexibility index (Phi) is 2.97. The maximum atomic E-state index is 7.97. The van der Waals surface area contributed by atoms with E-state index in [-0.39, 0.29) is 0 Å². The zero-order valence-electron chi connectivity index (χ0n) is 10.0. The summed E-state index contributed by atoms with van der Waals surface area (Å²) < 4.78 is 3.85. The number of allylic oxidation sites excluding steroid dienone is 4. The lowest BCUT2D eigenvalue weighted by Gasteiger charge is -2.16. The van der Waals surface area contributed by atoms with Crippen molar-refractivity contribution in [1.29, 1.82) is 5.41 Å². The van der Waals surface area contributed by atoms with Crippen molar-refractivity contribution < 1.29 is 0 Å². The lowest BCUT2D eigenvalue weighted by atomic mass is 9.91. The van der Waals surface area contributed by atoms with Crippen molar-refractivity contribution in [1.82, 2.24) is 9.97 Å². The number of hydrogen-bond donors (Lipinski definition) is 4. The van der Waals surface area contributed by atoms with Crippen molar-refractivity contribution in [2.45, 2.75) is 0 Å². The van der Waals surface area contributed by atoms with Crippen molar-refractivity contribution >= 4 is 35.4 Å². The molecule has 0 radical (unpaired) electrons. The van der Waals surface area contributed by atoms with Crippen LogP contribution in [-0.4, -0.2) is 21.4 Å². The Morgan fingerprint density at radius 2 is 1.53 bits per heavy atom. The van der Waals surface area contributed by atoms with Gasteiger partial charge in [0.05, 0.1) is 11.4 Å². The van der Waals surface area contributed by atoms with Crippen molar-refractivity contribution in [3.63, 3.8) is 0 Å². The van der Waals surface area contributed by atoms with Crippen molar-refractivity contribution in [3.05, 3.63) is 60.2 Å². The van der Waals surface area contributed by atoms with E-state index < -0.39 is 0 Å². The second-order valence-electron chi connectivity index (χ2n) is 4.18. The number of hydrogen-bond acceptors (Lipinski definition) is 3. The second kappa shape index (κ2) is 4.78. The summed E-state index contributed by atoms with van der Waals surface area (Å²) in [6.45, 7) is 0. The summed E-state index contributed by atoms with van der Waals surface area (Å²) in [6, 6.07) is 7.86. The van der Waals surface area contributed by atoms with Gasteiger partial charge in [0.1, 0.15) is 0 Å². The van der Waals surface area contributed by atoms with Gasteiger partial charge in [0, 0.05) is 34.9 Å². The summed E-state index contributed by atoms with van der Waals surface area (Å²) in [7, 11) is 0. The van der Waals surface area contributed by atoms with Crippen LogP contribution >= 0.6 is 12.8 Å². The topological polar surface area (TPSA) is 67.8 Å². The summed E-state index contributed by atoms with van der Waals surface area (Å²) in [5.41, 5.74) is 4.85. The van der Waals surface area contributed by atoms with Crippen LogP contribution in [0.4, 0.5) is 0 Å². The number of thiol groups is 1. The third-order valence-electron chi connectivity index (χ3n) is 3.02. The lowest BCUT2D eigenvalue weighted by molar-refractivity contribution is 1.33. The minimum atomic E-state index is 0.356. The van der Waals surface area contributed by atoms with Crippen LogP contribution < -0.4 is 0 Å². The molecule has 2 heterocycles. The van der Waals surface area contributed by atoms with Crippen LogP contribution in [0.1, 0.15) is 11.4 Å². The van der Waals surface area contributed by atoms with Gasteiger partial charge in [-0.3, -0.25) is 5.41 Å². The summed E-state index contributed by atoms with van der Waals surface area (Å²) in [5, 5.41) is 7.97. The molecule has 0 unspecified atom stereocenters. The van der Waals surface area contributed by atoms with Crippen LogP contribution in [0.3, 0.4) is 0 Å². The number of H-pyrrole nitrogens is 2. The first-order chi connectivity index (χ1) is 9.29. The molecule has 19 heavy (non-hydrogen) atoms. The standard InChI is InChI=1S/C14H12N4S/c15-11-7-9(12-3-1-5-16-12)10(8-14(11)18-19)13-4-2-6-17-13/h1-8,15-17,19H/b15-11?,18-14-. The minimum Gasteiger partial charge on any atom is -0.361 e. The Balaban J connectivity index is 2.16. The maximum Gasteiger partial charge on any atom is 0.0966 e. The number of aromatic amines is 2. The van der Waals surface area contributed by atoms with Gasteiger partial charge < -0.3 is 9.97 Å². The molecule has 0 atom stereocenters. The van der Waals surface area contributed by atoms with Gasteiger partial charge in [-0.2, -0.15) is 0 Å². The van der Waals surface area contributed by atoms with E-state index in [0.29, 0.717) is 11.4 Å². The van der Waals surface area contributed by atoms with Gasteiger partial charge in [0.25, 0.3) is 0 Å². The maximum absolute atomic E-state index is 7.97. The van der Waals surface area contributed by atoms with E-state index in [0.717, 1.165) is 22.5 Å². The molecular formula is C14H12N4S. The zero-order chi connectivity index (χ0) is 13.2. The van der Waals surface area contributed by atoms with Crippen molar-refractivity contribution in [3.8, 4) is 0 Å². The molecule has 0 bridgehead atoms. The van der Waals surface area contributed by atoms with Crippen molar-refractivity contribution in [2.75, 3.05) is 0 Å². The van der Waals surface area contributed by atoms with E-state index in [1.165, 1.54) is 0 Å². The number of nitrogens with zero attached hydrogens (tertiary/aromatic N) is 1. The quantitative estimate of drug-likeness (QED) is 0.477. The molecule has 0 fully saturated rings. The highest BCUT2D eigenvalue weighted by Gasteiger charge is 2.19. The second-order valence-corrected chi connectivity index (χ2v) is 4.38. The molecule has 3 N–H and O–H groups in total. The summed E-state index contributed by atoms with van der Waals surface area (Å²) in [5.74, 6) is 0. The van der Waals surface area contributed by atoms with E-state index in [2.05, 4.69) is 27.2 Å². The predicted octanol–water partition coefficient (Wildman–Crippen LogP) is 3.13. The largest absolute Gasteiger partial charge is 0.361 e. The normalized spacial score (nSPS) is 17.5. The Morgan fingerprint density at radius 3 is 2.00 bits per heavy atom. The summed E-state index contributed by atoms with van der Waals surface area (Å²) in [4.78, 5) is 6.36. The Bertz CT molecular complexity index is 688. The third kappa shape index (κ3) is 2.08. The van der Waals surface area contributed by atoms with Gasteiger partial charge >= 0.3 is 0 Å². The molecular weight excluding hydrogens is 256 g/mol. The van der Waals surface area contributed by atoms with Crippen molar-refractivity contribution in [2.24, 2.45) is 4.40 Å². The predicted molar refractivity (Wildman–Crippen MR) is 81.7 cm³/mol. The fourth-order valence-corrected chi connectivity index (χ4v) is 2.28. The van der Waals surface area contributed by atoms with Gasteiger partial charge in [0.15, 0.2) is 0 Å². The zero-order valence-corrected chi connectivity index (χ0v) is 10.9. The molecule has 0 saturated heterocycles. The van der Waals surface area contributed by atoms with Gasteiger partial charge in [-0.15, -0.1) is 0 Å². The molecule has 1 aliphatic rings. The van der Waals surface area contributed by atoms with Gasteiger partial charge in [-0.05, 0) is 49.2 Å². The summed E-state index contributed by atoms with van der Waals surface area (Å²) >= 11 is 3.92. The van der Waals surface area contributed by atoms with E-state index in [1.54, 1.807) is 6.08 Å². The Hall–Kier alpha value is -2.27. The molecule has 0 spiro atoms. The smallest absolute Gasteiger partial charge is 0.0966 e. The van der Waals surface area contributed by atoms with Crippen LogP contribution in [-0.2, 0) is 0 Å². The molecule has 4 nitrogen and oxygen atoms in total. The highest BCUT2D eigenvalue weighted by atomic mass is 32.1. The SMILES string of the molecule is N=C1C=C(c2ccc[nH]2)C(c2ccc[nH]2)=C/C1=N/S. The first-order valence-electron chi connectivity index (χ1n) is 5.82. The van der Waals surface area contributed by atoms with Crippen LogP contribution in [0.25, 0.3) is 11.1 Å². The van der Waals surface area contributed by atoms with E-state index in [4.69, 9.17) is 5.41 Å². The highest BCUT2D eigenvalue weighted by molar-refractivity contribution is 7.79. The molecule has 94 valence electrons. The van der Waals surface area contributed by atoms with Crippen LogP contribution in [0.5, 0.6) is 0 Å². The van der Waals surface area contributed by atoms with E-state index in [1.807, 2.05) is 42.7 Å². The first kappa shape index (κ1) is 11.8. The molecule has 0 saturated carbocycles. The molecule has 2 aromatic rings. The van der Waals surface area contributed by atoms with Crippen LogP contribution in [0.2, 0.25) is 0 Å². The highest BCUT2D eigenvalue weighted by Crippen LogP contribution is 2.32. The fourth-order valence-electron chi connectivity index (χ4n) is 2.11. The molecule has 0 amide bonds. The number of rotatable bonds is 2. The Labute approximate surface area is 116 Å². The van der Waals surface area contributed by atoms with Gasteiger partial charge in [-0.25, -0.2) is 4.40 Å². The molecule has 3 rings (SSSR count). The monoisotopic (exact) mass is 268 g/mol. The molecule has 5 heteroatoms. The first-order valence-corrected chi connectivity index (χ1v) is 6.22. The molecule has 1 aliphatic carbocycles. The fraction of sp³-hybridized carbons (Fsp3) is 0. The number of nitrogens with one attached hydrogen (secondary N) is 3. The molecule has 0 aromatic carbocycles. The summed E-state index contributed by atoms with van der Waals surface area (Å²) in [6.07, 6.45) is 7.42. The minimum absolute atomic E-state index is 0.356. The van der Waals surface area contributed by atoms with Gasteiger partial charge in [0.2, 0.25) is 0 Å². The van der Waals surface area contributed by atoms with E-state index in [9.17, 15) is 0 Å². The molecule has 2 aromatic heterocycles. The molecule has 0 aliphatic heterocycles. The van der Waals surface area contributed by atoms with Gasteiger partial charge in [-0.1, -0.05) is 0 Å². The van der Waals surface area contributed by atoms with E-state index >= 15 is 0 Å². The van der Waals surface area contributed by atoms with Crippen LogP contribution in [0.15, 0.2) is 53.2 Å². The lowest BCUT2D eigenvalue weighted by Crippen LogP contribution is -2.13. The average Bonchev–Trinajstić information content (AvgIpc) is 3.11. The van der Waals surface area contributed by atoms with Crippen LogP contribution in [0, 0.1) is 5.41 Å².